The Hall–Kier alpha value is -2.63. The molecule has 0 bridgehead atoms. The van der Waals surface area contributed by atoms with E-state index in [0.29, 0.717) is 25.1 Å². The smallest absolute Gasteiger partial charge is 0.160 e. The lowest BCUT2D eigenvalue weighted by Gasteiger charge is -2.36. The van der Waals surface area contributed by atoms with Crippen LogP contribution >= 0.6 is 11.3 Å². The highest BCUT2D eigenvalue weighted by Crippen LogP contribution is 2.31. The summed E-state index contributed by atoms with van der Waals surface area (Å²) in [6.45, 7) is 5.52. The fourth-order valence-corrected chi connectivity index (χ4v) is 5.12. The molecule has 1 aliphatic heterocycles. The van der Waals surface area contributed by atoms with Gasteiger partial charge in [-0.05, 0) is 72.3 Å². The van der Waals surface area contributed by atoms with Crippen molar-refractivity contribution in [3.05, 3.63) is 65.0 Å². The van der Waals surface area contributed by atoms with E-state index in [1.165, 1.54) is 0 Å². The molecular weight excluding hydrogens is 404 g/mol. The van der Waals surface area contributed by atoms with Crippen LogP contribution in [0, 0.1) is 0 Å². The Morgan fingerprint density at radius 3 is 2.87 bits per heavy atom. The minimum atomic E-state index is 0.145. The van der Waals surface area contributed by atoms with Crippen molar-refractivity contribution in [2.24, 2.45) is 0 Å². The van der Waals surface area contributed by atoms with Gasteiger partial charge in [0.1, 0.15) is 5.75 Å². The molecule has 0 unspecified atom stereocenters. The molecule has 1 saturated heterocycles. The maximum absolute atomic E-state index is 11.6. The number of nitrogens with zero attached hydrogens (tertiary/aromatic N) is 2. The molecule has 160 valence electrons. The third kappa shape index (κ3) is 4.68. The van der Waals surface area contributed by atoms with Gasteiger partial charge in [0.25, 0.3) is 0 Å². The summed E-state index contributed by atoms with van der Waals surface area (Å²) in [6, 6.07) is 10.6. The summed E-state index contributed by atoms with van der Waals surface area (Å²) in [7, 11) is 0. The quantitative estimate of drug-likeness (QED) is 0.489. The van der Waals surface area contributed by atoms with Gasteiger partial charge in [-0.25, -0.2) is 0 Å². The molecule has 0 saturated carbocycles. The highest BCUT2D eigenvalue weighted by molar-refractivity contribution is 7.17. The number of anilines is 1. The van der Waals surface area contributed by atoms with Gasteiger partial charge in [-0.1, -0.05) is 18.2 Å². The molecule has 0 spiro atoms. The van der Waals surface area contributed by atoms with Crippen molar-refractivity contribution >= 4 is 39.0 Å². The first kappa shape index (κ1) is 18.0. The topological polar surface area (TPSA) is 32.8 Å². The molecule has 1 fully saturated rings. The van der Waals surface area contributed by atoms with Gasteiger partial charge in [0, 0.05) is 48.4 Å². The molecule has 0 atom stereocenters. The number of ether oxygens (including phenoxy) is 1. The van der Waals surface area contributed by atoms with E-state index in [0.717, 1.165) is 78.2 Å². The van der Waals surface area contributed by atoms with Gasteiger partial charge in [0.2, 0.25) is 0 Å². The Balaban J connectivity index is 1.07. The van der Waals surface area contributed by atoms with Crippen LogP contribution in [0.5, 0.6) is 5.75 Å². The summed E-state index contributed by atoms with van der Waals surface area (Å²) in [5, 5.41) is 3.07. The molecule has 2 aliphatic rings. The molecular formula is C26H28N2O2S. The fourth-order valence-electron chi connectivity index (χ4n) is 4.36. The number of rotatable bonds is 7. The standard InChI is InChI=1S/C26H28N2O2S/c29-22-8-6-20-7-9-23(19-21(20)18-22)30-16-2-1-11-27-12-14-28(15-13-27)25-4-3-5-26-24(25)10-17-31-26/h3-10,17,19H,1-2,11-16,18H2/i4D,5D. The van der Waals surface area contributed by atoms with Crippen LogP contribution < -0.4 is 9.64 Å². The first-order valence-corrected chi connectivity index (χ1v) is 11.9. The molecule has 3 aromatic rings. The SMILES string of the molecule is [2H]c1cc([2H])c2sccc2c1N1CCN(CCCCOc2ccc3c(c2)CC(=O)C=C3)CC1. The third-order valence-corrected chi connectivity index (χ3v) is 6.93. The second-order valence-corrected chi connectivity index (χ2v) is 9.08. The lowest BCUT2D eigenvalue weighted by Crippen LogP contribution is -2.46. The summed E-state index contributed by atoms with van der Waals surface area (Å²) >= 11 is 1.58. The molecule has 2 heterocycles. The van der Waals surface area contributed by atoms with E-state index in [9.17, 15) is 4.79 Å². The molecule has 5 heteroatoms. The fraction of sp³-hybridized carbons (Fsp3) is 0.346. The summed E-state index contributed by atoms with van der Waals surface area (Å²) in [4.78, 5) is 16.4. The average Bonchev–Trinajstić information content (AvgIpc) is 3.30. The normalized spacial score (nSPS) is 17.5. The average molecular weight is 435 g/mol. The van der Waals surface area contributed by atoms with Crippen LogP contribution in [0.2, 0.25) is 0 Å². The largest absolute Gasteiger partial charge is 0.494 e. The van der Waals surface area contributed by atoms with Crippen LogP contribution in [-0.4, -0.2) is 50.0 Å². The van der Waals surface area contributed by atoms with Crippen molar-refractivity contribution in [1.29, 1.82) is 0 Å². The maximum Gasteiger partial charge on any atom is 0.160 e. The van der Waals surface area contributed by atoms with Gasteiger partial charge in [0.15, 0.2) is 5.78 Å². The second kappa shape index (κ2) is 9.25. The van der Waals surface area contributed by atoms with Crippen molar-refractivity contribution in [2.75, 3.05) is 44.2 Å². The van der Waals surface area contributed by atoms with Crippen LogP contribution in [0.15, 0.2) is 53.9 Å². The monoisotopic (exact) mass is 434 g/mol. The Labute approximate surface area is 190 Å². The van der Waals surface area contributed by atoms with Gasteiger partial charge in [-0.3, -0.25) is 9.69 Å². The van der Waals surface area contributed by atoms with E-state index in [-0.39, 0.29) is 5.78 Å². The predicted octanol–water partition coefficient (Wildman–Crippen LogP) is 5.02. The number of carbonyl (C=O) groups is 1. The van der Waals surface area contributed by atoms with Crippen molar-refractivity contribution in [2.45, 2.75) is 19.3 Å². The Bertz CT molecular complexity index is 1200. The number of piperazine rings is 1. The van der Waals surface area contributed by atoms with Crippen LogP contribution in [0.4, 0.5) is 5.69 Å². The number of hydrogen-bond acceptors (Lipinski definition) is 5. The summed E-state index contributed by atoms with van der Waals surface area (Å²) in [5.74, 6) is 0.988. The molecule has 0 radical (unpaired) electrons. The molecule has 1 aromatic heterocycles. The van der Waals surface area contributed by atoms with E-state index >= 15 is 0 Å². The third-order valence-electron chi connectivity index (χ3n) is 6.09. The van der Waals surface area contributed by atoms with Gasteiger partial charge in [-0.2, -0.15) is 0 Å². The van der Waals surface area contributed by atoms with Gasteiger partial charge >= 0.3 is 0 Å². The van der Waals surface area contributed by atoms with Crippen molar-refractivity contribution in [3.8, 4) is 5.75 Å². The summed E-state index contributed by atoms with van der Waals surface area (Å²) in [6.07, 6.45) is 6.06. The van der Waals surface area contributed by atoms with Crippen LogP contribution in [0.25, 0.3) is 16.2 Å². The number of unbranched alkanes of at least 4 members (excludes halogenated alkanes) is 1. The second-order valence-electron chi connectivity index (χ2n) is 8.17. The number of hydrogen-bond donors (Lipinski definition) is 0. The van der Waals surface area contributed by atoms with E-state index in [1.807, 2.05) is 29.7 Å². The summed E-state index contributed by atoms with van der Waals surface area (Å²) < 4.78 is 23.4. The Morgan fingerprint density at radius 2 is 1.97 bits per heavy atom. The Morgan fingerprint density at radius 1 is 1.06 bits per heavy atom. The van der Waals surface area contributed by atoms with Crippen LogP contribution in [0.1, 0.15) is 26.7 Å². The zero-order chi connectivity index (χ0) is 22.8. The molecule has 0 amide bonds. The predicted molar refractivity (Wildman–Crippen MR) is 129 cm³/mol. The first-order valence-electron chi connectivity index (χ1n) is 12.0. The Kier molecular flexibility index (Phi) is 5.37. The number of benzene rings is 2. The van der Waals surface area contributed by atoms with Gasteiger partial charge in [-0.15, -0.1) is 11.3 Å². The minimum Gasteiger partial charge on any atom is -0.494 e. The van der Waals surface area contributed by atoms with Crippen molar-refractivity contribution in [1.82, 2.24) is 4.90 Å². The van der Waals surface area contributed by atoms with Crippen LogP contribution in [0.3, 0.4) is 0 Å². The minimum absolute atomic E-state index is 0.145. The zero-order valence-corrected chi connectivity index (χ0v) is 18.4. The lowest BCUT2D eigenvalue weighted by molar-refractivity contribution is -0.114. The van der Waals surface area contributed by atoms with Crippen molar-refractivity contribution in [3.63, 3.8) is 0 Å². The van der Waals surface area contributed by atoms with E-state index in [4.69, 9.17) is 7.48 Å². The highest BCUT2D eigenvalue weighted by atomic mass is 32.1. The highest BCUT2D eigenvalue weighted by Gasteiger charge is 2.18. The van der Waals surface area contributed by atoms with Crippen LogP contribution in [-0.2, 0) is 11.2 Å². The number of fused-ring (bicyclic) bond motifs is 2. The number of carbonyl (C=O) groups excluding carboxylic acids is 1. The molecule has 4 nitrogen and oxygen atoms in total. The van der Waals surface area contributed by atoms with E-state index in [1.54, 1.807) is 23.5 Å². The number of thiophene rings is 1. The number of ketones is 1. The maximum atomic E-state index is 11.6. The first-order chi connectivity index (χ1) is 16.1. The van der Waals surface area contributed by atoms with E-state index < -0.39 is 0 Å². The number of allylic oxidation sites excluding steroid dienone is 1. The lowest BCUT2D eigenvalue weighted by atomic mass is 9.96. The van der Waals surface area contributed by atoms with Crippen molar-refractivity contribution < 1.29 is 12.3 Å². The van der Waals surface area contributed by atoms with Gasteiger partial charge < -0.3 is 9.64 Å². The molecule has 31 heavy (non-hydrogen) atoms. The molecule has 0 N–H and O–H groups in total. The zero-order valence-electron chi connectivity index (χ0n) is 19.6. The van der Waals surface area contributed by atoms with Gasteiger partial charge in [0.05, 0.1) is 9.35 Å². The molecule has 1 aliphatic carbocycles. The van der Waals surface area contributed by atoms with E-state index in [2.05, 4.69) is 15.9 Å². The summed E-state index contributed by atoms with van der Waals surface area (Å²) in [5.41, 5.74) is 3.14. The molecule has 2 aromatic carbocycles. The molecule has 5 rings (SSSR count).